The third-order valence-corrected chi connectivity index (χ3v) is 4.20. The van der Waals surface area contributed by atoms with Crippen molar-refractivity contribution in [1.82, 2.24) is 4.90 Å². The van der Waals surface area contributed by atoms with E-state index >= 15 is 0 Å². The highest BCUT2D eigenvalue weighted by Gasteiger charge is 2.14. The Hall–Kier alpha value is -2.69. The van der Waals surface area contributed by atoms with Crippen molar-refractivity contribution in [3.63, 3.8) is 0 Å². The third kappa shape index (κ3) is 6.51. The zero-order valence-electron chi connectivity index (χ0n) is 15.2. The molecular weight excluding hydrogens is 341 g/mol. The van der Waals surface area contributed by atoms with Crippen molar-refractivity contribution in [2.75, 3.05) is 13.2 Å². The van der Waals surface area contributed by atoms with Crippen LogP contribution < -0.4 is 4.74 Å². The molecule has 0 aromatic heterocycles. The topological polar surface area (TPSA) is 32.7 Å². The summed E-state index contributed by atoms with van der Waals surface area (Å²) in [4.78, 5) is 2.10. The van der Waals surface area contributed by atoms with Gasteiger partial charge in [-0.25, -0.2) is 4.39 Å². The van der Waals surface area contributed by atoms with Crippen LogP contribution in [0.15, 0.2) is 84.9 Å². The van der Waals surface area contributed by atoms with Gasteiger partial charge in [0.2, 0.25) is 0 Å². The second kappa shape index (κ2) is 9.86. The van der Waals surface area contributed by atoms with Gasteiger partial charge >= 0.3 is 0 Å². The summed E-state index contributed by atoms with van der Waals surface area (Å²) in [7, 11) is 0. The van der Waals surface area contributed by atoms with Crippen molar-refractivity contribution >= 4 is 0 Å². The number of aliphatic hydroxyl groups excluding tert-OH is 1. The highest BCUT2D eigenvalue weighted by molar-refractivity contribution is 5.21. The molecule has 0 fully saturated rings. The van der Waals surface area contributed by atoms with Gasteiger partial charge in [0.1, 0.15) is 24.3 Å². The van der Waals surface area contributed by atoms with E-state index in [1.54, 1.807) is 6.07 Å². The van der Waals surface area contributed by atoms with Gasteiger partial charge in [-0.05, 0) is 35.4 Å². The molecule has 0 spiro atoms. The molecule has 0 heterocycles. The van der Waals surface area contributed by atoms with Gasteiger partial charge in [0.15, 0.2) is 0 Å². The summed E-state index contributed by atoms with van der Waals surface area (Å²) < 4.78 is 19.2. The first kappa shape index (κ1) is 19.1. The summed E-state index contributed by atoms with van der Waals surface area (Å²) in [6.45, 7) is 1.85. The smallest absolute Gasteiger partial charge is 0.123 e. The SMILES string of the molecule is O[C@@H](COc1ccccc1)CN(Cc1ccccc1)Cc1cccc(F)c1. The number of para-hydroxylation sites is 1. The minimum Gasteiger partial charge on any atom is -0.491 e. The van der Waals surface area contributed by atoms with E-state index in [0.29, 0.717) is 19.6 Å². The third-order valence-electron chi connectivity index (χ3n) is 4.20. The van der Waals surface area contributed by atoms with Crippen molar-refractivity contribution in [1.29, 1.82) is 0 Å². The summed E-state index contributed by atoms with van der Waals surface area (Å²) in [5.74, 6) is 0.483. The molecule has 3 nitrogen and oxygen atoms in total. The molecule has 3 aromatic rings. The van der Waals surface area contributed by atoms with Crippen LogP contribution in [-0.4, -0.2) is 29.3 Å². The average Bonchev–Trinajstić information content (AvgIpc) is 2.68. The van der Waals surface area contributed by atoms with Crippen molar-refractivity contribution < 1.29 is 14.2 Å². The number of halogens is 1. The van der Waals surface area contributed by atoms with E-state index in [2.05, 4.69) is 4.90 Å². The van der Waals surface area contributed by atoms with Gasteiger partial charge in [0, 0.05) is 19.6 Å². The maximum Gasteiger partial charge on any atom is 0.123 e. The summed E-state index contributed by atoms with van der Waals surface area (Å²) >= 11 is 0. The maximum atomic E-state index is 13.5. The standard InChI is InChI=1S/C23H24FNO2/c24-21-11-7-10-20(14-21)16-25(15-19-8-3-1-4-9-19)17-22(26)18-27-23-12-5-2-6-13-23/h1-14,22,26H,15-18H2/t22-/m1/s1. The van der Waals surface area contributed by atoms with Crippen LogP contribution in [0.1, 0.15) is 11.1 Å². The molecule has 0 saturated heterocycles. The number of rotatable bonds is 9. The molecule has 27 heavy (non-hydrogen) atoms. The van der Waals surface area contributed by atoms with Crippen LogP contribution in [0.3, 0.4) is 0 Å². The Morgan fingerprint density at radius 2 is 1.44 bits per heavy atom. The zero-order valence-corrected chi connectivity index (χ0v) is 15.2. The molecule has 4 heteroatoms. The van der Waals surface area contributed by atoms with Gasteiger partial charge in [-0.1, -0.05) is 60.7 Å². The van der Waals surface area contributed by atoms with Crippen LogP contribution in [0.4, 0.5) is 4.39 Å². The monoisotopic (exact) mass is 365 g/mol. The van der Waals surface area contributed by atoms with E-state index in [4.69, 9.17) is 4.74 Å². The fourth-order valence-electron chi connectivity index (χ4n) is 2.98. The van der Waals surface area contributed by atoms with E-state index in [9.17, 15) is 9.50 Å². The summed E-state index contributed by atoms with van der Waals surface area (Å²) in [6, 6.07) is 26.1. The van der Waals surface area contributed by atoms with Crippen molar-refractivity contribution in [2.24, 2.45) is 0 Å². The molecule has 3 rings (SSSR count). The fraction of sp³-hybridized carbons (Fsp3) is 0.217. The van der Waals surface area contributed by atoms with E-state index < -0.39 is 6.10 Å². The predicted molar refractivity (Wildman–Crippen MR) is 105 cm³/mol. The molecule has 0 aliphatic rings. The normalized spacial score (nSPS) is 12.1. The highest BCUT2D eigenvalue weighted by atomic mass is 19.1. The Bertz CT molecular complexity index is 811. The Kier molecular flexibility index (Phi) is 6.97. The lowest BCUT2D eigenvalue weighted by Crippen LogP contribution is -2.35. The van der Waals surface area contributed by atoms with Gasteiger partial charge in [-0.3, -0.25) is 4.90 Å². The fourth-order valence-corrected chi connectivity index (χ4v) is 2.98. The van der Waals surface area contributed by atoms with Crippen molar-refractivity contribution in [2.45, 2.75) is 19.2 Å². The average molecular weight is 365 g/mol. The number of aliphatic hydroxyl groups is 1. The Balaban J connectivity index is 1.63. The largest absolute Gasteiger partial charge is 0.491 e. The van der Waals surface area contributed by atoms with Crippen molar-refractivity contribution in [3.8, 4) is 5.75 Å². The first-order valence-corrected chi connectivity index (χ1v) is 9.06. The van der Waals surface area contributed by atoms with Crippen LogP contribution in [0.2, 0.25) is 0 Å². The van der Waals surface area contributed by atoms with Crippen molar-refractivity contribution in [3.05, 3.63) is 102 Å². The minimum absolute atomic E-state index is 0.207. The molecule has 0 aliphatic carbocycles. The second-order valence-corrected chi connectivity index (χ2v) is 6.56. The zero-order chi connectivity index (χ0) is 18.9. The van der Waals surface area contributed by atoms with Gasteiger partial charge in [0.05, 0.1) is 0 Å². The van der Waals surface area contributed by atoms with E-state index in [1.807, 2.05) is 66.7 Å². The Morgan fingerprint density at radius 3 is 2.15 bits per heavy atom. The van der Waals surface area contributed by atoms with E-state index in [1.165, 1.54) is 12.1 Å². The Labute approximate surface area is 159 Å². The highest BCUT2D eigenvalue weighted by Crippen LogP contribution is 2.13. The van der Waals surface area contributed by atoms with Crippen LogP contribution in [0.25, 0.3) is 0 Å². The molecule has 0 bridgehead atoms. The molecule has 140 valence electrons. The number of hydrogen-bond donors (Lipinski definition) is 1. The molecular formula is C23H24FNO2. The second-order valence-electron chi connectivity index (χ2n) is 6.56. The first-order chi connectivity index (χ1) is 13.2. The quantitative estimate of drug-likeness (QED) is 0.615. The molecule has 0 aliphatic heterocycles. The van der Waals surface area contributed by atoms with Crippen LogP contribution >= 0.6 is 0 Å². The number of nitrogens with zero attached hydrogens (tertiary/aromatic N) is 1. The lowest BCUT2D eigenvalue weighted by molar-refractivity contribution is 0.0628. The first-order valence-electron chi connectivity index (χ1n) is 9.06. The summed E-state index contributed by atoms with van der Waals surface area (Å²) in [6.07, 6.45) is -0.650. The molecule has 0 unspecified atom stereocenters. The molecule has 1 atom stereocenters. The maximum absolute atomic E-state index is 13.5. The molecule has 3 aromatic carbocycles. The number of hydrogen-bond acceptors (Lipinski definition) is 3. The Morgan fingerprint density at radius 1 is 0.815 bits per heavy atom. The summed E-state index contributed by atoms with van der Waals surface area (Å²) in [5, 5.41) is 10.5. The van der Waals surface area contributed by atoms with E-state index in [0.717, 1.165) is 16.9 Å². The van der Waals surface area contributed by atoms with Gasteiger partial charge in [-0.15, -0.1) is 0 Å². The van der Waals surface area contributed by atoms with Crippen LogP contribution in [0.5, 0.6) is 5.75 Å². The van der Waals surface area contributed by atoms with Gasteiger partial charge in [0.25, 0.3) is 0 Å². The van der Waals surface area contributed by atoms with Crippen LogP contribution in [-0.2, 0) is 13.1 Å². The van der Waals surface area contributed by atoms with Gasteiger partial charge in [-0.2, -0.15) is 0 Å². The van der Waals surface area contributed by atoms with Gasteiger partial charge < -0.3 is 9.84 Å². The molecule has 0 saturated carbocycles. The molecule has 0 radical (unpaired) electrons. The van der Waals surface area contributed by atoms with E-state index in [-0.39, 0.29) is 12.4 Å². The number of benzene rings is 3. The lowest BCUT2D eigenvalue weighted by atomic mass is 10.1. The minimum atomic E-state index is -0.650. The summed E-state index contributed by atoms with van der Waals surface area (Å²) in [5.41, 5.74) is 2.02. The predicted octanol–water partition coefficient (Wildman–Crippen LogP) is 4.27. The molecule has 1 N–H and O–H groups in total. The lowest BCUT2D eigenvalue weighted by Gasteiger charge is -2.25. The molecule has 0 amide bonds. The number of ether oxygens (including phenoxy) is 1. The van der Waals surface area contributed by atoms with Crippen LogP contribution in [0, 0.1) is 5.82 Å².